The molecule has 0 spiro atoms. The number of halogens is 2. The maximum Gasteiger partial charge on any atom is 0.103 e. The van der Waals surface area contributed by atoms with E-state index in [1.807, 2.05) is 0 Å². The van der Waals surface area contributed by atoms with Crippen molar-refractivity contribution < 1.29 is 8.78 Å². The van der Waals surface area contributed by atoms with Crippen LogP contribution < -0.4 is 0 Å². The molecule has 1 fully saturated rings. The third kappa shape index (κ3) is 3.61. The van der Waals surface area contributed by atoms with Crippen LogP contribution in [0.3, 0.4) is 0 Å². The number of hydrogen-bond donors (Lipinski definition) is 0. The summed E-state index contributed by atoms with van der Waals surface area (Å²) in [5.74, 6) is -0.0521. The van der Waals surface area contributed by atoms with Crippen molar-refractivity contribution in [3.8, 4) is 0 Å². The van der Waals surface area contributed by atoms with Crippen LogP contribution in [0.4, 0.5) is 8.78 Å². The van der Waals surface area contributed by atoms with Crippen LogP contribution >= 0.6 is 0 Å². The Morgan fingerprint density at radius 1 is 1.15 bits per heavy atom. The molecule has 0 radical (unpaired) electrons. The zero-order chi connectivity index (χ0) is 10.1. The van der Waals surface area contributed by atoms with Crippen molar-refractivity contribution in [2.45, 2.75) is 58.8 Å². The van der Waals surface area contributed by atoms with Crippen molar-refractivity contribution in [3.63, 3.8) is 0 Å². The van der Waals surface area contributed by atoms with Gasteiger partial charge in [0, 0.05) is 0 Å². The Morgan fingerprint density at radius 3 is 2.31 bits per heavy atom. The SMILES string of the molecule is CC(C)(C)CC1CC(F)CCC1F. The van der Waals surface area contributed by atoms with E-state index in [-0.39, 0.29) is 11.3 Å². The van der Waals surface area contributed by atoms with Gasteiger partial charge in [0.1, 0.15) is 12.3 Å². The topological polar surface area (TPSA) is 0 Å². The summed E-state index contributed by atoms with van der Waals surface area (Å²) in [7, 11) is 0. The van der Waals surface area contributed by atoms with Gasteiger partial charge in [0.25, 0.3) is 0 Å². The van der Waals surface area contributed by atoms with Crippen molar-refractivity contribution in [1.82, 2.24) is 0 Å². The van der Waals surface area contributed by atoms with Crippen molar-refractivity contribution in [3.05, 3.63) is 0 Å². The molecule has 0 aromatic rings. The van der Waals surface area contributed by atoms with Gasteiger partial charge in [-0.05, 0) is 37.0 Å². The second kappa shape index (κ2) is 3.93. The molecule has 0 bridgehead atoms. The van der Waals surface area contributed by atoms with Crippen molar-refractivity contribution in [2.24, 2.45) is 11.3 Å². The average Bonchev–Trinajstić information content (AvgIpc) is 1.94. The van der Waals surface area contributed by atoms with Crippen LogP contribution in [0, 0.1) is 11.3 Å². The van der Waals surface area contributed by atoms with E-state index >= 15 is 0 Å². The highest BCUT2D eigenvalue weighted by Gasteiger charge is 2.32. The van der Waals surface area contributed by atoms with Crippen LogP contribution in [-0.4, -0.2) is 12.3 Å². The molecule has 1 rings (SSSR count). The maximum atomic E-state index is 13.4. The van der Waals surface area contributed by atoms with Gasteiger partial charge in [0.2, 0.25) is 0 Å². The standard InChI is InChI=1S/C11H20F2/c1-11(2,3)7-8-6-9(12)4-5-10(8)13/h8-10H,4-7H2,1-3H3. The van der Waals surface area contributed by atoms with Crippen LogP contribution in [-0.2, 0) is 0 Å². The van der Waals surface area contributed by atoms with Crippen LogP contribution in [0.15, 0.2) is 0 Å². The van der Waals surface area contributed by atoms with E-state index in [2.05, 4.69) is 20.8 Å². The van der Waals surface area contributed by atoms with Gasteiger partial charge in [-0.1, -0.05) is 20.8 Å². The molecular weight excluding hydrogens is 170 g/mol. The molecule has 1 aliphatic carbocycles. The molecule has 0 saturated heterocycles. The third-order valence-electron chi connectivity index (χ3n) is 2.70. The highest BCUT2D eigenvalue weighted by molar-refractivity contribution is 4.83. The Bertz CT molecular complexity index is 160. The van der Waals surface area contributed by atoms with Crippen molar-refractivity contribution in [2.75, 3.05) is 0 Å². The molecule has 13 heavy (non-hydrogen) atoms. The highest BCUT2D eigenvalue weighted by Crippen LogP contribution is 2.36. The van der Waals surface area contributed by atoms with E-state index in [1.165, 1.54) is 0 Å². The fourth-order valence-electron chi connectivity index (χ4n) is 2.17. The van der Waals surface area contributed by atoms with Gasteiger partial charge >= 0.3 is 0 Å². The van der Waals surface area contributed by atoms with Crippen LogP contribution in [0.5, 0.6) is 0 Å². The van der Waals surface area contributed by atoms with Crippen LogP contribution in [0.25, 0.3) is 0 Å². The normalized spacial score (nSPS) is 36.2. The Labute approximate surface area is 79.7 Å². The fraction of sp³-hybridized carbons (Fsp3) is 1.00. The lowest BCUT2D eigenvalue weighted by Crippen LogP contribution is -2.30. The fourth-order valence-corrected chi connectivity index (χ4v) is 2.17. The molecule has 0 nitrogen and oxygen atoms in total. The van der Waals surface area contributed by atoms with Crippen molar-refractivity contribution in [1.29, 1.82) is 0 Å². The summed E-state index contributed by atoms with van der Waals surface area (Å²) in [6, 6.07) is 0. The monoisotopic (exact) mass is 190 g/mol. The summed E-state index contributed by atoms with van der Waals surface area (Å²) >= 11 is 0. The molecule has 3 unspecified atom stereocenters. The predicted molar refractivity (Wildman–Crippen MR) is 51.2 cm³/mol. The summed E-state index contributed by atoms with van der Waals surface area (Å²) in [5.41, 5.74) is 0.117. The van der Waals surface area contributed by atoms with Gasteiger partial charge in [0.15, 0.2) is 0 Å². The predicted octanol–water partition coefficient (Wildman–Crippen LogP) is 3.90. The number of alkyl halides is 2. The number of hydrogen-bond acceptors (Lipinski definition) is 0. The lowest BCUT2D eigenvalue weighted by molar-refractivity contribution is 0.0762. The van der Waals surface area contributed by atoms with Gasteiger partial charge in [-0.3, -0.25) is 0 Å². The average molecular weight is 190 g/mol. The van der Waals surface area contributed by atoms with E-state index < -0.39 is 12.3 Å². The summed E-state index contributed by atoms with van der Waals surface area (Å²) in [6.45, 7) is 6.25. The van der Waals surface area contributed by atoms with Crippen molar-refractivity contribution >= 4 is 0 Å². The van der Waals surface area contributed by atoms with E-state index in [1.54, 1.807) is 0 Å². The maximum absolute atomic E-state index is 13.4. The molecule has 0 amide bonds. The Balaban J connectivity index is 2.47. The second-order valence-electron chi connectivity index (χ2n) is 5.45. The summed E-state index contributed by atoms with van der Waals surface area (Å²) in [5, 5.41) is 0. The summed E-state index contributed by atoms with van der Waals surface area (Å²) < 4.78 is 26.4. The minimum atomic E-state index is -0.772. The van der Waals surface area contributed by atoms with Gasteiger partial charge in [0.05, 0.1) is 0 Å². The minimum Gasteiger partial charge on any atom is -0.247 e. The molecule has 2 heteroatoms. The molecular formula is C11H20F2. The molecule has 0 aromatic carbocycles. The van der Waals surface area contributed by atoms with Gasteiger partial charge < -0.3 is 0 Å². The van der Waals surface area contributed by atoms with E-state index in [0.29, 0.717) is 19.3 Å². The summed E-state index contributed by atoms with van der Waals surface area (Å²) in [4.78, 5) is 0. The zero-order valence-corrected chi connectivity index (χ0v) is 8.82. The second-order valence-corrected chi connectivity index (χ2v) is 5.45. The first-order valence-electron chi connectivity index (χ1n) is 5.16. The molecule has 0 heterocycles. The molecule has 0 N–H and O–H groups in total. The van der Waals surface area contributed by atoms with E-state index in [0.717, 1.165) is 6.42 Å². The molecule has 78 valence electrons. The Hall–Kier alpha value is -0.140. The molecule has 1 aliphatic rings. The molecule has 3 atom stereocenters. The van der Waals surface area contributed by atoms with Gasteiger partial charge in [-0.15, -0.1) is 0 Å². The Morgan fingerprint density at radius 2 is 1.77 bits per heavy atom. The first-order valence-corrected chi connectivity index (χ1v) is 5.16. The first kappa shape index (κ1) is 10.9. The van der Waals surface area contributed by atoms with Crippen LogP contribution in [0.1, 0.15) is 46.5 Å². The van der Waals surface area contributed by atoms with Crippen LogP contribution in [0.2, 0.25) is 0 Å². The third-order valence-corrected chi connectivity index (χ3v) is 2.70. The van der Waals surface area contributed by atoms with Gasteiger partial charge in [-0.25, -0.2) is 8.78 Å². The van der Waals surface area contributed by atoms with E-state index in [9.17, 15) is 8.78 Å². The quantitative estimate of drug-likeness (QED) is 0.588. The zero-order valence-electron chi connectivity index (χ0n) is 8.82. The molecule has 0 aromatic heterocycles. The highest BCUT2D eigenvalue weighted by atomic mass is 19.1. The minimum absolute atomic E-state index is 0.0521. The largest absolute Gasteiger partial charge is 0.247 e. The van der Waals surface area contributed by atoms with Gasteiger partial charge in [-0.2, -0.15) is 0 Å². The smallest absolute Gasteiger partial charge is 0.103 e. The first-order chi connectivity index (χ1) is 5.88. The summed E-state index contributed by atoms with van der Waals surface area (Å²) in [6.07, 6.45) is 0.530. The molecule has 1 saturated carbocycles. The lowest BCUT2D eigenvalue weighted by Gasteiger charge is -2.32. The number of rotatable bonds is 1. The lowest BCUT2D eigenvalue weighted by atomic mass is 9.76. The van der Waals surface area contributed by atoms with E-state index in [4.69, 9.17) is 0 Å². The molecule has 0 aliphatic heterocycles. The Kier molecular flexibility index (Phi) is 3.31.